The highest BCUT2D eigenvalue weighted by Gasteiger charge is 2.26. The highest BCUT2D eigenvalue weighted by Crippen LogP contribution is 2.28. The van der Waals surface area contributed by atoms with Gasteiger partial charge in [0.05, 0.1) is 33.1 Å². The number of rotatable bonds is 5. The van der Waals surface area contributed by atoms with Crippen molar-refractivity contribution in [3.63, 3.8) is 0 Å². The van der Waals surface area contributed by atoms with Gasteiger partial charge in [-0.05, 0) is 37.8 Å². The van der Waals surface area contributed by atoms with Gasteiger partial charge in [0.2, 0.25) is 0 Å². The maximum absolute atomic E-state index is 11.5. The molecule has 114 valence electrons. The number of halogens is 1. The Kier molecular flexibility index (Phi) is 4.81. The topological polar surface area (TPSA) is 73.8 Å². The Labute approximate surface area is 132 Å². The zero-order valence-corrected chi connectivity index (χ0v) is 13.9. The van der Waals surface area contributed by atoms with Crippen LogP contribution >= 0.6 is 11.6 Å². The Morgan fingerprint density at radius 1 is 1.43 bits per heavy atom. The minimum atomic E-state index is -1.35. The molecule has 2 heterocycles. The number of pyridine rings is 1. The number of nitrogens with two attached hydrogens (primary N) is 1. The van der Waals surface area contributed by atoms with Crippen LogP contribution in [0.5, 0.6) is 0 Å². The van der Waals surface area contributed by atoms with Crippen LogP contribution in [0.25, 0.3) is 5.82 Å². The summed E-state index contributed by atoms with van der Waals surface area (Å²) in [5.41, 5.74) is 1.08. The van der Waals surface area contributed by atoms with E-state index in [9.17, 15) is 4.21 Å². The molecule has 0 fully saturated rings. The van der Waals surface area contributed by atoms with E-state index >= 15 is 0 Å². The molecule has 2 atom stereocenters. The summed E-state index contributed by atoms with van der Waals surface area (Å²) in [6.07, 6.45) is 5.81. The lowest BCUT2D eigenvalue weighted by atomic mass is 9.92. The van der Waals surface area contributed by atoms with E-state index < -0.39 is 15.7 Å². The fraction of sp³-hybridized carbons (Fsp3) is 0.429. The molecule has 5 nitrogen and oxygen atoms in total. The first-order valence-corrected chi connectivity index (χ1v) is 8.21. The van der Waals surface area contributed by atoms with Crippen LogP contribution in [-0.2, 0) is 11.0 Å². The number of nitrogens with zero attached hydrogens (tertiary/aromatic N) is 3. The normalized spacial score (nSPS) is 14.9. The van der Waals surface area contributed by atoms with Gasteiger partial charge in [0.15, 0.2) is 5.82 Å². The number of aromatic nitrogens is 3. The molecule has 7 heteroatoms. The fourth-order valence-electron chi connectivity index (χ4n) is 2.19. The van der Waals surface area contributed by atoms with E-state index in [1.54, 1.807) is 17.1 Å². The summed E-state index contributed by atoms with van der Waals surface area (Å²) in [4.78, 5) is 4.39. The summed E-state index contributed by atoms with van der Waals surface area (Å²) in [7, 11) is -1.35. The van der Waals surface area contributed by atoms with Gasteiger partial charge in [-0.15, -0.1) is 0 Å². The van der Waals surface area contributed by atoms with Gasteiger partial charge in [-0.2, -0.15) is 5.10 Å². The number of hydrogen-bond donors (Lipinski definition) is 1. The average molecular weight is 327 g/mol. The third-order valence-electron chi connectivity index (χ3n) is 3.47. The van der Waals surface area contributed by atoms with Crippen molar-refractivity contribution < 1.29 is 4.21 Å². The molecule has 1 unspecified atom stereocenters. The second-order valence-electron chi connectivity index (χ2n) is 5.72. The second-order valence-corrected chi connectivity index (χ2v) is 7.85. The predicted octanol–water partition coefficient (Wildman–Crippen LogP) is 2.82. The van der Waals surface area contributed by atoms with Crippen molar-refractivity contribution in [3.8, 4) is 5.82 Å². The molecule has 0 saturated carbocycles. The molecule has 2 aromatic rings. The largest absolute Gasteiger partial charge is 0.251 e. The maximum Gasteiger partial charge on any atom is 0.153 e. The van der Waals surface area contributed by atoms with Crippen molar-refractivity contribution in [3.05, 3.63) is 41.3 Å². The Morgan fingerprint density at radius 2 is 2.14 bits per heavy atom. The Bertz CT molecular complexity index is 639. The average Bonchev–Trinajstić information content (AvgIpc) is 2.85. The minimum absolute atomic E-state index is 0.218. The summed E-state index contributed by atoms with van der Waals surface area (Å²) in [5.74, 6) is 0.926. The quantitative estimate of drug-likeness (QED) is 0.918. The van der Waals surface area contributed by atoms with Crippen LogP contribution in [0.4, 0.5) is 0 Å². The van der Waals surface area contributed by atoms with E-state index in [2.05, 4.69) is 17.0 Å². The molecule has 0 saturated heterocycles. The van der Waals surface area contributed by atoms with Gasteiger partial charge >= 0.3 is 0 Å². The van der Waals surface area contributed by atoms with Crippen molar-refractivity contribution in [1.29, 1.82) is 0 Å². The molecule has 21 heavy (non-hydrogen) atoms. The molecule has 2 N–H and O–H groups in total. The standard InChI is InChI=1S/C14H19ClN4OS/c1-10(6-14(2,3)21(16)20)11-4-5-13(17-7-11)19-9-12(15)8-18-19/h4-5,7-10H,6,16H2,1-3H3/t10-,21?/m0/s1. The van der Waals surface area contributed by atoms with Crippen LogP contribution in [0.2, 0.25) is 5.02 Å². The second kappa shape index (κ2) is 6.25. The van der Waals surface area contributed by atoms with E-state index in [1.165, 1.54) is 0 Å². The maximum atomic E-state index is 11.5. The Morgan fingerprint density at radius 3 is 2.62 bits per heavy atom. The Balaban J connectivity index is 2.13. The lowest BCUT2D eigenvalue weighted by Crippen LogP contribution is -2.33. The first-order valence-electron chi connectivity index (χ1n) is 6.62. The molecular weight excluding hydrogens is 308 g/mol. The van der Waals surface area contributed by atoms with E-state index in [0.29, 0.717) is 10.8 Å². The third kappa shape index (κ3) is 3.90. The van der Waals surface area contributed by atoms with Crippen LogP contribution in [-0.4, -0.2) is 23.7 Å². The molecule has 2 aromatic heterocycles. The molecule has 0 spiro atoms. The monoisotopic (exact) mass is 326 g/mol. The highest BCUT2D eigenvalue weighted by molar-refractivity contribution is 7.84. The summed E-state index contributed by atoms with van der Waals surface area (Å²) in [6, 6.07) is 3.89. The van der Waals surface area contributed by atoms with Gasteiger partial charge in [-0.1, -0.05) is 24.6 Å². The lowest BCUT2D eigenvalue weighted by molar-refractivity contribution is 0.539. The summed E-state index contributed by atoms with van der Waals surface area (Å²) >= 11 is 5.84. The molecule has 0 aliphatic rings. The van der Waals surface area contributed by atoms with Gasteiger partial charge in [-0.25, -0.2) is 13.9 Å². The van der Waals surface area contributed by atoms with Crippen molar-refractivity contribution in [2.24, 2.45) is 5.14 Å². The Hall–Kier alpha value is -1.24. The molecule has 0 bridgehead atoms. The van der Waals surface area contributed by atoms with E-state index in [-0.39, 0.29) is 5.92 Å². The number of hydrogen-bond acceptors (Lipinski definition) is 3. The highest BCUT2D eigenvalue weighted by atomic mass is 35.5. The zero-order valence-electron chi connectivity index (χ0n) is 12.3. The van der Waals surface area contributed by atoms with Crippen molar-refractivity contribution >= 4 is 22.6 Å². The van der Waals surface area contributed by atoms with Crippen molar-refractivity contribution in [2.45, 2.75) is 37.9 Å². The van der Waals surface area contributed by atoms with Crippen molar-refractivity contribution in [2.75, 3.05) is 0 Å². The van der Waals surface area contributed by atoms with Crippen LogP contribution in [0.3, 0.4) is 0 Å². The SMILES string of the molecule is C[C@@H](CC(C)(C)S(N)=O)c1ccc(-n2cc(Cl)cn2)nc1. The van der Waals surface area contributed by atoms with E-state index in [0.717, 1.165) is 12.0 Å². The van der Waals surface area contributed by atoms with Crippen LogP contribution in [0, 0.1) is 0 Å². The molecule has 2 rings (SSSR count). The van der Waals surface area contributed by atoms with Gasteiger partial charge in [-0.3, -0.25) is 5.14 Å². The fourth-order valence-corrected chi connectivity index (χ4v) is 2.74. The molecule has 0 aliphatic heterocycles. The molecule has 0 amide bonds. The summed E-state index contributed by atoms with van der Waals surface area (Å²) < 4.78 is 12.7. The van der Waals surface area contributed by atoms with E-state index in [1.807, 2.05) is 32.2 Å². The first-order chi connectivity index (χ1) is 9.79. The summed E-state index contributed by atoms with van der Waals surface area (Å²) in [6.45, 7) is 5.90. The van der Waals surface area contributed by atoms with Gasteiger partial charge in [0.25, 0.3) is 0 Å². The first kappa shape index (κ1) is 16.1. The van der Waals surface area contributed by atoms with Crippen LogP contribution in [0.15, 0.2) is 30.7 Å². The molecule has 0 aromatic carbocycles. The van der Waals surface area contributed by atoms with Gasteiger partial charge in [0.1, 0.15) is 0 Å². The smallest absolute Gasteiger partial charge is 0.153 e. The molecule has 0 radical (unpaired) electrons. The minimum Gasteiger partial charge on any atom is -0.251 e. The zero-order chi connectivity index (χ0) is 15.6. The van der Waals surface area contributed by atoms with Crippen molar-refractivity contribution in [1.82, 2.24) is 14.8 Å². The third-order valence-corrected chi connectivity index (χ3v) is 4.92. The molecular formula is C14H19ClN4OS. The van der Waals surface area contributed by atoms with Crippen LogP contribution in [0.1, 0.15) is 38.7 Å². The summed E-state index contributed by atoms with van der Waals surface area (Å²) in [5, 5.41) is 10.2. The lowest BCUT2D eigenvalue weighted by Gasteiger charge is -2.25. The van der Waals surface area contributed by atoms with E-state index in [4.69, 9.17) is 16.7 Å². The van der Waals surface area contributed by atoms with Gasteiger partial charge in [0, 0.05) is 6.20 Å². The predicted molar refractivity (Wildman–Crippen MR) is 85.8 cm³/mol. The van der Waals surface area contributed by atoms with Crippen LogP contribution < -0.4 is 5.14 Å². The molecule has 0 aliphatic carbocycles. The van der Waals surface area contributed by atoms with Gasteiger partial charge < -0.3 is 0 Å².